The van der Waals surface area contributed by atoms with E-state index in [2.05, 4.69) is 51.8 Å². The fourth-order valence-corrected chi connectivity index (χ4v) is 4.32. The van der Waals surface area contributed by atoms with E-state index in [1.807, 2.05) is 0 Å². The van der Waals surface area contributed by atoms with Gasteiger partial charge in [-0.05, 0) is 38.2 Å². The van der Waals surface area contributed by atoms with Crippen LogP contribution in [0.25, 0.3) is 0 Å². The molecule has 1 saturated heterocycles. The number of fused-ring (bicyclic) bond motifs is 1. The molecule has 140 valence electrons. The fourth-order valence-electron chi connectivity index (χ4n) is 4.32. The van der Waals surface area contributed by atoms with E-state index >= 15 is 0 Å². The summed E-state index contributed by atoms with van der Waals surface area (Å²) in [5.74, 6) is 1.71. The Balaban J connectivity index is 1.48. The topological polar surface area (TPSA) is 89.7 Å². The predicted molar refractivity (Wildman–Crippen MR) is 97.5 cm³/mol. The molecule has 0 radical (unpaired) electrons. The highest BCUT2D eigenvalue weighted by Gasteiger charge is 2.41. The summed E-state index contributed by atoms with van der Waals surface area (Å²) < 4.78 is 11.4. The van der Waals surface area contributed by atoms with Crippen LogP contribution < -0.4 is 0 Å². The highest BCUT2D eigenvalue weighted by atomic mass is 16.5. The van der Waals surface area contributed by atoms with Crippen molar-refractivity contribution in [2.24, 2.45) is 0 Å². The molecular weight excluding hydrogens is 342 g/mol. The quantitative estimate of drug-likeness (QED) is 0.768. The van der Waals surface area contributed by atoms with E-state index in [0.29, 0.717) is 13.2 Å². The summed E-state index contributed by atoms with van der Waals surface area (Å²) in [5, 5.41) is 15.6. The summed E-state index contributed by atoms with van der Waals surface area (Å²) in [5.41, 5.74) is 4.34. The van der Waals surface area contributed by atoms with E-state index < -0.39 is 0 Å². The van der Waals surface area contributed by atoms with E-state index in [1.54, 1.807) is 0 Å². The standard InChI is InChI=1S/C20H23N5O2/c1-13-2-5-15(6-3-13)20(8-10-26-11-9-20)19-21-18(27-24-19)14-4-7-16-17(12-14)23-25-22-16/h2-3,5-6,14H,4,7-12H2,1H3,(H,22,23,25). The lowest BCUT2D eigenvalue weighted by atomic mass is 9.73. The summed E-state index contributed by atoms with van der Waals surface area (Å²) in [6, 6.07) is 8.69. The van der Waals surface area contributed by atoms with E-state index in [1.165, 1.54) is 11.1 Å². The zero-order valence-electron chi connectivity index (χ0n) is 15.4. The Morgan fingerprint density at radius 1 is 1.07 bits per heavy atom. The van der Waals surface area contributed by atoms with Crippen LogP contribution in [0.2, 0.25) is 0 Å². The van der Waals surface area contributed by atoms with Gasteiger partial charge in [0, 0.05) is 25.6 Å². The van der Waals surface area contributed by atoms with E-state index in [9.17, 15) is 0 Å². The van der Waals surface area contributed by atoms with E-state index in [0.717, 1.165) is 55.2 Å². The molecular formula is C20H23N5O2. The van der Waals surface area contributed by atoms with Gasteiger partial charge in [0.1, 0.15) is 0 Å². The Hall–Kier alpha value is -2.54. The van der Waals surface area contributed by atoms with E-state index in [-0.39, 0.29) is 11.3 Å². The SMILES string of the molecule is Cc1ccc(C2(c3noc(C4CCc5n[nH]nc5C4)n3)CCOCC2)cc1. The molecule has 3 aromatic rings. The highest BCUT2D eigenvalue weighted by Crippen LogP contribution is 2.41. The van der Waals surface area contributed by atoms with Crippen molar-refractivity contribution in [3.63, 3.8) is 0 Å². The molecule has 1 unspecified atom stereocenters. The van der Waals surface area contributed by atoms with Crippen LogP contribution in [0.15, 0.2) is 28.8 Å². The maximum Gasteiger partial charge on any atom is 0.230 e. The second kappa shape index (κ2) is 6.56. The second-order valence-corrected chi connectivity index (χ2v) is 7.67. The number of hydrogen-bond donors (Lipinski definition) is 1. The number of H-pyrrole nitrogens is 1. The van der Waals surface area contributed by atoms with Gasteiger partial charge in [0.2, 0.25) is 5.89 Å². The molecule has 0 amide bonds. The van der Waals surface area contributed by atoms with Crippen molar-refractivity contribution in [3.8, 4) is 0 Å². The van der Waals surface area contributed by atoms with Gasteiger partial charge in [0.05, 0.1) is 16.8 Å². The van der Waals surface area contributed by atoms with Crippen LogP contribution in [0.1, 0.15) is 59.4 Å². The van der Waals surface area contributed by atoms with Crippen LogP contribution in [-0.4, -0.2) is 38.8 Å². The van der Waals surface area contributed by atoms with Gasteiger partial charge < -0.3 is 9.26 Å². The second-order valence-electron chi connectivity index (χ2n) is 7.67. The number of nitrogens with zero attached hydrogens (tertiary/aromatic N) is 4. The first-order chi connectivity index (χ1) is 13.2. The number of benzene rings is 1. The van der Waals surface area contributed by atoms with Crippen LogP contribution in [0, 0.1) is 6.92 Å². The minimum absolute atomic E-state index is 0.207. The number of ether oxygens (including phenoxy) is 1. The van der Waals surface area contributed by atoms with Gasteiger partial charge in [-0.1, -0.05) is 35.0 Å². The van der Waals surface area contributed by atoms with Gasteiger partial charge in [-0.25, -0.2) is 0 Å². The molecule has 1 aliphatic carbocycles. The van der Waals surface area contributed by atoms with Crippen molar-refractivity contribution in [1.29, 1.82) is 0 Å². The lowest BCUT2D eigenvalue weighted by Gasteiger charge is -2.35. The lowest BCUT2D eigenvalue weighted by Crippen LogP contribution is -2.36. The van der Waals surface area contributed by atoms with Crippen molar-refractivity contribution in [3.05, 3.63) is 58.5 Å². The lowest BCUT2D eigenvalue weighted by molar-refractivity contribution is 0.0597. The minimum Gasteiger partial charge on any atom is -0.381 e. The van der Waals surface area contributed by atoms with Crippen LogP contribution in [-0.2, 0) is 23.0 Å². The molecule has 7 heteroatoms. The third-order valence-corrected chi connectivity index (χ3v) is 6.04. The molecule has 1 aliphatic heterocycles. The Bertz CT molecular complexity index is 924. The summed E-state index contributed by atoms with van der Waals surface area (Å²) >= 11 is 0. The van der Waals surface area contributed by atoms with E-state index in [4.69, 9.17) is 14.2 Å². The molecule has 7 nitrogen and oxygen atoms in total. The Labute approximate surface area is 157 Å². The fraction of sp³-hybridized carbons (Fsp3) is 0.500. The zero-order chi connectivity index (χ0) is 18.3. The molecule has 2 aliphatic rings. The van der Waals surface area contributed by atoms with Gasteiger partial charge >= 0.3 is 0 Å². The molecule has 1 fully saturated rings. The monoisotopic (exact) mass is 365 g/mol. The zero-order valence-corrected chi connectivity index (χ0v) is 15.4. The third-order valence-electron chi connectivity index (χ3n) is 6.04. The summed E-state index contributed by atoms with van der Waals surface area (Å²) in [6.07, 6.45) is 4.39. The van der Waals surface area contributed by atoms with Crippen LogP contribution >= 0.6 is 0 Å². The summed E-state index contributed by atoms with van der Waals surface area (Å²) in [6.45, 7) is 3.53. The Kier molecular flexibility index (Phi) is 4.04. The largest absolute Gasteiger partial charge is 0.381 e. The number of aromatic nitrogens is 5. The molecule has 1 aromatic carbocycles. The average molecular weight is 365 g/mol. The van der Waals surface area contributed by atoms with Crippen LogP contribution in [0.3, 0.4) is 0 Å². The smallest absolute Gasteiger partial charge is 0.230 e. The summed E-state index contributed by atoms with van der Waals surface area (Å²) in [4.78, 5) is 4.89. The van der Waals surface area contributed by atoms with Gasteiger partial charge in [-0.2, -0.15) is 20.4 Å². The molecule has 1 atom stereocenters. The Morgan fingerprint density at radius 3 is 2.67 bits per heavy atom. The van der Waals surface area contributed by atoms with Gasteiger partial charge in [-0.3, -0.25) is 0 Å². The molecule has 1 N–H and O–H groups in total. The molecule has 3 heterocycles. The number of aryl methyl sites for hydroxylation is 2. The van der Waals surface area contributed by atoms with Gasteiger partial charge in [0.15, 0.2) is 5.82 Å². The maximum absolute atomic E-state index is 5.76. The molecule has 0 saturated carbocycles. The first kappa shape index (κ1) is 16.6. The minimum atomic E-state index is -0.235. The van der Waals surface area contributed by atoms with Crippen molar-refractivity contribution in [2.75, 3.05) is 13.2 Å². The average Bonchev–Trinajstić information content (AvgIpc) is 3.38. The molecule has 27 heavy (non-hydrogen) atoms. The van der Waals surface area contributed by atoms with Crippen molar-refractivity contribution >= 4 is 0 Å². The van der Waals surface area contributed by atoms with Crippen molar-refractivity contribution < 1.29 is 9.26 Å². The number of aromatic amines is 1. The third kappa shape index (κ3) is 2.86. The maximum atomic E-state index is 5.76. The van der Waals surface area contributed by atoms with Gasteiger partial charge in [-0.15, -0.1) is 0 Å². The molecule has 5 rings (SSSR count). The van der Waals surface area contributed by atoms with Crippen molar-refractivity contribution in [1.82, 2.24) is 25.6 Å². The highest BCUT2D eigenvalue weighted by molar-refractivity contribution is 5.35. The Morgan fingerprint density at radius 2 is 1.85 bits per heavy atom. The first-order valence-electron chi connectivity index (χ1n) is 9.62. The molecule has 2 aromatic heterocycles. The molecule has 0 bridgehead atoms. The predicted octanol–water partition coefficient (Wildman–Crippen LogP) is 2.87. The number of nitrogens with one attached hydrogen (secondary N) is 1. The normalized spacial score (nSPS) is 21.7. The molecule has 0 spiro atoms. The summed E-state index contributed by atoms with van der Waals surface area (Å²) in [7, 11) is 0. The number of rotatable bonds is 3. The van der Waals surface area contributed by atoms with Crippen molar-refractivity contribution in [2.45, 2.75) is 50.4 Å². The van der Waals surface area contributed by atoms with Crippen LogP contribution in [0.5, 0.6) is 0 Å². The first-order valence-corrected chi connectivity index (χ1v) is 9.62. The van der Waals surface area contributed by atoms with Gasteiger partial charge in [0.25, 0.3) is 0 Å². The van der Waals surface area contributed by atoms with Crippen LogP contribution in [0.4, 0.5) is 0 Å². The number of hydrogen-bond acceptors (Lipinski definition) is 6.